The van der Waals surface area contributed by atoms with Crippen LogP contribution in [0.15, 0.2) is 48.5 Å². The summed E-state index contributed by atoms with van der Waals surface area (Å²) in [6.07, 6.45) is 0. The van der Waals surface area contributed by atoms with Crippen molar-refractivity contribution in [2.45, 2.75) is 34.2 Å². The molecule has 0 spiro atoms. The number of carbonyl (C=O) groups is 1. The van der Waals surface area contributed by atoms with E-state index in [4.69, 9.17) is 0 Å². The molecule has 0 saturated carbocycles. The lowest BCUT2D eigenvalue weighted by atomic mass is 10.1. The van der Waals surface area contributed by atoms with E-state index in [0.717, 1.165) is 55.5 Å². The highest BCUT2D eigenvalue weighted by Gasteiger charge is 2.25. The molecule has 1 aromatic heterocycles. The van der Waals surface area contributed by atoms with Gasteiger partial charge in [0, 0.05) is 5.56 Å². The molecule has 4 rings (SSSR count). The zero-order valence-electron chi connectivity index (χ0n) is 19.7. The van der Waals surface area contributed by atoms with E-state index in [-0.39, 0.29) is 5.91 Å². The van der Waals surface area contributed by atoms with Gasteiger partial charge in [-0.3, -0.25) is 4.79 Å². The van der Waals surface area contributed by atoms with Crippen molar-refractivity contribution in [2.75, 3.05) is 38.0 Å². The highest BCUT2D eigenvalue weighted by molar-refractivity contribution is 5.92. The molecule has 6 nitrogen and oxygen atoms in total. The van der Waals surface area contributed by atoms with E-state index in [0.29, 0.717) is 6.54 Å². The molecule has 0 bridgehead atoms. The fraction of sp³-hybridized carbons (Fsp3) is 0.385. The average molecular weight is 434 g/mol. The summed E-state index contributed by atoms with van der Waals surface area (Å²) in [4.78, 5) is 15.8. The molecular formula is C26H35N5O+2. The standard InChI is InChI=1S/C26H33N5O/c1-19-8-10-24(11-9-19)31-22(4)26(21(3)28-31)27-25(32)18-30-14-12-29(13-15-30)17-23-7-5-6-20(2)16-23/h5-11,16H,12-15,17-18H2,1-4H3,(H,27,32)/p+2. The van der Waals surface area contributed by atoms with Crippen LogP contribution in [0.2, 0.25) is 0 Å². The second-order valence-electron chi connectivity index (χ2n) is 9.18. The Bertz CT molecular complexity index is 1080. The van der Waals surface area contributed by atoms with Crippen molar-refractivity contribution in [1.82, 2.24) is 9.78 Å². The summed E-state index contributed by atoms with van der Waals surface area (Å²) in [5.41, 5.74) is 7.58. The Labute approximate surface area is 190 Å². The van der Waals surface area contributed by atoms with Crippen LogP contribution in [0.4, 0.5) is 5.69 Å². The van der Waals surface area contributed by atoms with Gasteiger partial charge in [0.1, 0.15) is 32.7 Å². The zero-order valence-corrected chi connectivity index (χ0v) is 19.7. The SMILES string of the molecule is Cc1ccc(-n2nc(C)c(NC(=O)C[NH+]3CC[NH+](Cc4cccc(C)c4)CC3)c2C)cc1. The summed E-state index contributed by atoms with van der Waals surface area (Å²) in [6, 6.07) is 17.1. The van der Waals surface area contributed by atoms with Crippen molar-refractivity contribution in [3.63, 3.8) is 0 Å². The van der Waals surface area contributed by atoms with E-state index < -0.39 is 0 Å². The van der Waals surface area contributed by atoms with Crippen LogP contribution in [0, 0.1) is 27.7 Å². The van der Waals surface area contributed by atoms with Crippen LogP contribution in [0.3, 0.4) is 0 Å². The third-order valence-electron chi connectivity index (χ3n) is 6.45. The third-order valence-corrected chi connectivity index (χ3v) is 6.45. The minimum Gasteiger partial charge on any atom is -0.322 e. The maximum atomic E-state index is 12.8. The second-order valence-corrected chi connectivity index (χ2v) is 9.18. The number of hydrogen-bond donors (Lipinski definition) is 3. The monoisotopic (exact) mass is 433 g/mol. The molecule has 168 valence electrons. The molecule has 1 aliphatic rings. The quantitative estimate of drug-likeness (QED) is 0.544. The summed E-state index contributed by atoms with van der Waals surface area (Å²) in [6.45, 7) is 14.0. The van der Waals surface area contributed by atoms with Gasteiger partial charge in [-0.05, 0) is 39.8 Å². The molecule has 0 aliphatic carbocycles. The van der Waals surface area contributed by atoms with Crippen molar-refractivity contribution in [1.29, 1.82) is 0 Å². The van der Waals surface area contributed by atoms with Gasteiger partial charge in [0.25, 0.3) is 5.91 Å². The molecule has 6 heteroatoms. The summed E-state index contributed by atoms with van der Waals surface area (Å²) >= 11 is 0. The Morgan fingerprint density at radius 2 is 1.62 bits per heavy atom. The highest BCUT2D eigenvalue weighted by Crippen LogP contribution is 2.22. The molecule has 1 aliphatic heterocycles. The molecule has 2 heterocycles. The van der Waals surface area contributed by atoms with Crippen LogP contribution in [0.1, 0.15) is 28.1 Å². The molecule has 1 saturated heterocycles. The normalized spacial score (nSPS) is 18.5. The second kappa shape index (κ2) is 9.67. The number of rotatable bonds is 6. The van der Waals surface area contributed by atoms with E-state index >= 15 is 0 Å². The smallest absolute Gasteiger partial charge is 0.279 e. The fourth-order valence-corrected chi connectivity index (χ4v) is 4.59. The summed E-state index contributed by atoms with van der Waals surface area (Å²) in [7, 11) is 0. The first-order chi connectivity index (χ1) is 15.4. The Morgan fingerprint density at radius 1 is 0.938 bits per heavy atom. The number of aryl methyl sites for hydroxylation is 3. The van der Waals surface area contributed by atoms with Crippen LogP contribution in [0.5, 0.6) is 0 Å². The summed E-state index contributed by atoms with van der Waals surface area (Å²) in [5, 5.41) is 7.79. The van der Waals surface area contributed by atoms with Crippen LogP contribution in [0.25, 0.3) is 5.69 Å². The third kappa shape index (κ3) is 5.26. The van der Waals surface area contributed by atoms with Crippen molar-refractivity contribution in [3.8, 4) is 5.69 Å². The first-order valence-corrected chi connectivity index (χ1v) is 11.5. The lowest BCUT2D eigenvalue weighted by molar-refractivity contribution is -1.02. The molecule has 1 fully saturated rings. The molecule has 0 unspecified atom stereocenters. The Kier molecular flexibility index (Phi) is 6.72. The zero-order chi connectivity index (χ0) is 22.7. The van der Waals surface area contributed by atoms with Gasteiger partial charge >= 0.3 is 0 Å². The van der Waals surface area contributed by atoms with E-state index in [9.17, 15) is 4.79 Å². The van der Waals surface area contributed by atoms with Crippen LogP contribution >= 0.6 is 0 Å². The molecule has 3 N–H and O–H groups in total. The van der Waals surface area contributed by atoms with Gasteiger partial charge in [-0.1, -0.05) is 47.5 Å². The van der Waals surface area contributed by atoms with Crippen LogP contribution < -0.4 is 15.1 Å². The molecular weight excluding hydrogens is 398 g/mol. The largest absolute Gasteiger partial charge is 0.322 e. The lowest BCUT2D eigenvalue weighted by Gasteiger charge is -2.29. The lowest BCUT2D eigenvalue weighted by Crippen LogP contribution is -3.28. The Morgan fingerprint density at radius 3 is 2.31 bits per heavy atom. The van der Waals surface area contributed by atoms with Gasteiger partial charge in [-0.15, -0.1) is 0 Å². The topological polar surface area (TPSA) is 55.8 Å². The van der Waals surface area contributed by atoms with Gasteiger partial charge in [0.15, 0.2) is 6.54 Å². The number of piperazine rings is 1. The number of nitrogens with one attached hydrogen (secondary N) is 3. The van der Waals surface area contributed by atoms with Gasteiger partial charge in [0.2, 0.25) is 0 Å². The first-order valence-electron chi connectivity index (χ1n) is 11.5. The Balaban J connectivity index is 1.31. The maximum Gasteiger partial charge on any atom is 0.279 e. The summed E-state index contributed by atoms with van der Waals surface area (Å²) < 4.78 is 1.91. The van der Waals surface area contributed by atoms with Gasteiger partial charge < -0.3 is 15.1 Å². The van der Waals surface area contributed by atoms with Crippen molar-refractivity contribution in [3.05, 3.63) is 76.6 Å². The predicted octanol–water partition coefficient (Wildman–Crippen LogP) is 1.03. The molecule has 2 aromatic carbocycles. The van der Waals surface area contributed by atoms with Crippen molar-refractivity contribution >= 4 is 11.6 Å². The summed E-state index contributed by atoms with van der Waals surface area (Å²) in [5.74, 6) is 0.0665. The van der Waals surface area contributed by atoms with E-state index in [2.05, 4.69) is 72.8 Å². The number of nitrogens with zero attached hydrogens (tertiary/aromatic N) is 2. The van der Waals surface area contributed by atoms with Crippen molar-refractivity contribution in [2.24, 2.45) is 0 Å². The average Bonchev–Trinajstić information content (AvgIpc) is 3.04. The van der Waals surface area contributed by atoms with Crippen molar-refractivity contribution < 1.29 is 14.6 Å². The van der Waals surface area contributed by atoms with E-state index in [1.54, 1.807) is 4.90 Å². The maximum absolute atomic E-state index is 12.8. The number of amides is 1. The van der Waals surface area contributed by atoms with E-state index in [1.165, 1.54) is 21.6 Å². The van der Waals surface area contributed by atoms with E-state index in [1.807, 2.05) is 18.5 Å². The molecule has 1 amide bonds. The molecule has 0 radical (unpaired) electrons. The number of benzene rings is 2. The fourth-order valence-electron chi connectivity index (χ4n) is 4.59. The molecule has 0 atom stereocenters. The first kappa shape index (κ1) is 22.2. The number of anilines is 1. The molecule has 32 heavy (non-hydrogen) atoms. The van der Waals surface area contributed by atoms with Gasteiger partial charge in [-0.25, -0.2) is 4.68 Å². The number of hydrogen-bond acceptors (Lipinski definition) is 2. The van der Waals surface area contributed by atoms with Gasteiger partial charge in [-0.2, -0.15) is 5.10 Å². The minimum atomic E-state index is 0.0665. The van der Waals surface area contributed by atoms with Crippen LogP contribution in [-0.2, 0) is 11.3 Å². The highest BCUT2D eigenvalue weighted by atomic mass is 16.2. The number of quaternary nitrogens is 2. The Hall–Kier alpha value is -2.96. The number of carbonyl (C=O) groups excluding carboxylic acids is 1. The minimum absolute atomic E-state index is 0.0665. The molecule has 3 aromatic rings. The predicted molar refractivity (Wildman–Crippen MR) is 128 cm³/mol. The van der Waals surface area contributed by atoms with Crippen LogP contribution in [-0.4, -0.2) is 48.4 Å². The number of aromatic nitrogens is 2. The van der Waals surface area contributed by atoms with Gasteiger partial charge in [0.05, 0.1) is 22.8 Å².